The number of rotatable bonds is 7. The van der Waals surface area contributed by atoms with Crippen molar-refractivity contribution in [3.8, 4) is 16.9 Å². The number of halogens is 3. The summed E-state index contributed by atoms with van der Waals surface area (Å²) < 4.78 is 44.8. The fourth-order valence-corrected chi connectivity index (χ4v) is 4.27. The lowest BCUT2D eigenvalue weighted by Gasteiger charge is -2.23. The normalized spacial score (nSPS) is 13.6. The molecule has 2 nitrogen and oxygen atoms in total. The van der Waals surface area contributed by atoms with Gasteiger partial charge in [0.25, 0.3) is 0 Å². The van der Waals surface area contributed by atoms with Gasteiger partial charge in [-0.3, -0.25) is 0 Å². The van der Waals surface area contributed by atoms with Crippen molar-refractivity contribution in [2.75, 3.05) is 6.61 Å². The molecule has 0 fully saturated rings. The summed E-state index contributed by atoms with van der Waals surface area (Å²) in [5.74, 6) is 0.844. The number of alkyl halides is 3. The van der Waals surface area contributed by atoms with Crippen LogP contribution in [0.1, 0.15) is 49.5 Å². The Morgan fingerprint density at radius 1 is 0.794 bits per heavy atom. The Morgan fingerprint density at radius 2 is 1.50 bits per heavy atom. The largest absolute Gasteiger partial charge is 0.494 e. The summed E-state index contributed by atoms with van der Waals surface area (Å²) in [6, 6.07) is 25.7. The number of benzene rings is 4. The summed E-state index contributed by atoms with van der Waals surface area (Å²) in [5.41, 5.74) is 3.23. The molecule has 0 saturated carbocycles. The number of hydrogen-bond acceptors (Lipinski definition) is 2. The number of hydrogen-bond donors (Lipinski definition) is 1. The third-order valence-corrected chi connectivity index (χ3v) is 6.08. The van der Waals surface area contributed by atoms with Crippen LogP contribution in [0.2, 0.25) is 0 Å². The van der Waals surface area contributed by atoms with Gasteiger partial charge in [-0.05, 0) is 90.2 Å². The molecular weight excluding hydrogens is 435 g/mol. The van der Waals surface area contributed by atoms with Crippen LogP contribution in [-0.4, -0.2) is 6.61 Å². The summed E-state index contributed by atoms with van der Waals surface area (Å²) in [6.07, 6.45) is -4.35. The van der Waals surface area contributed by atoms with E-state index < -0.39 is 11.7 Å². The van der Waals surface area contributed by atoms with Gasteiger partial charge in [-0.1, -0.05) is 48.5 Å². The molecule has 0 amide bonds. The van der Waals surface area contributed by atoms with E-state index in [1.807, 2.05) is 49.4 Å². The Labute approximate surface area is 198 Å². The minimum absolute atomic E-state index is 0.0172. The van der Waals surface area contributed by atoms with Crippen LogP contribution < -0.4 is 10.1 Å². The van der Waals surface area contributed by atoms with Crippen molar-refractivity contribution in [2.45, 2.75) is 39.0 Å². The maximum atomic E-state index is 13.1. The molecule has 0 aromatic heterocycles. The first-order chi connectivity index (χ1) is 16.3. The van der Waals surface area contributed by atoms with Gasteiger partial charge in [0.2, 0.25) is 0 Å². The summed E-state index contributed by atoms with van der Waals surface area (Å²) >= 11 is 0. The first-order valence-electron chi connectivity index (χ1n) is 11.5. The molecule has 0 aliphatic heterocycles. The van der Waals surface area contributed by atoms with Gasteiger partial charge in [-0.2, -0.15) is 13.2 Å². The summed E-state index contributed by atoms with van der Waals surface area (Å²) in [5, 5.41) is 5.71. The van der Waals surface area contributed by atoms with E-state index in [4.69, 9.17) is 4.74 Å². The van der Waals surface area contributed by atoms with Crippen molar-refractivity contribution in [1.29, 1.82) is 0 Å². The van der Waals surface area contributed by atoms with Gasteiger partial charge in [0.1, 0.15) is 5.75 Å². The Balaban J connectivity index is 1.66. The number of ether oxygens (including phenoxy) is 1. The predicted octanol–water partition coefficient (Wildman–Crippen LogP) is 8.34. The third-order valence-electron chi connectivity index (χ3n) is 6.08. The van der Waals surface area contributed by atoms with Crippen molar-refractivity contribution in [2.24, 2.45) is 0 Å². The zero-order valence-corrected chi connectivity index (χ0v) is 19.5. The summed E-state index contributed by atoms with van der Waals surface area (Å²) in [7, 11) is 0. The molecular formula is C29H28F3NO. The third kappa shape index (κ3) is 5.26. The van der Waals surface area contributed by atoms with Crippen LogP contribution >= 0.6 is 0 Å². The molecule has 4 aromatic carbocycles. The second-order valence-electron chi connectivity index (χ2n) is 8.48. The molecule has 4 aromatic rings. The van der Waals surface area contributed by atoms with E-state index in [1.54, 1.807) is 12.1 Å². The molecule has 5 heteroatoms. The van der Waals surface area contributed by atoms with Crippen molar-refractivity contribution in [3.63, 3.8) is 0 Å². The lowest BCUT2D eigenvalue weighted by molar-refractivity contribution is -0.137. The second-order valence-corrected chi connectivity index (χ2v) is 8.48. The number of nitrogens with one attached hydrogen (secondary N) is 1. The Hall–Kier alpha value is -3.31. The SMILES string of the molecule is CCOc1cccc([C@@H](C)NC(C)c2cc(-c3ccc(C(F)(F)F)cc3)c3ccccc3c2)c1. The van der Waals surface area contributed by atoms with Gasteiger partial charge >= 0.3 is 6.18 Å². The van der Waals surface area contributed by atoms with E-state index in [-0.39, 0.29) is 12.1 Å². The highest BCUT2D eigenvalue weighted by Gasteiger charge is 2.30. The molecule has 34 heavy (non-hydrogen) atoms. The first-order valence-corrected chi connectivity index (χ1v) is 11.5. The van der Waals surface area contributed by atoms with Crippen LogP contribution in [0.25, 0.3) is 21.9 Å². The zero-order chi connectivity index (χ0) is 24.3. The van der Waals surface area contributed by atoms with E-state index in [0.717, 1.165) is 50.9 Å². The molecule has 0 saturated heterocycles. The molecule has 0 aliphatic carbocycles. The zero-order valence-electron chi connectivity index (χ0n) is 19.5. The van der Waals surface area contributed by atoms with Gasteiger partial charge in [0.05, 0.1) is 12.2 Å². The molecule has 0 spiro atoms. The Kier molecular flexibility index (Phi) is 6.94. The predicted molar refractivity (Wildman–Crippen MR) is 132 cm³/mol. The fourth-order valence-electron chi connectivity index (χ4n) is 4.27. The van der Waals surface area contributed by atoms with Crippen molar-refractivity contribution in [1.82, 2.24) is 5.32 Å². The van der Waals surface area contributed by atoms with Crippen LogP contribution in [0, 0.1) is 0 Å². The molecule has 176 valence electrons. The minimum atomic E-state index is -4.35. The second kappa shape index (κ2) is 9.90. The van der Waals surface area contributed by atoms with E-state index >= 15 is 0 Å². The number of fused-ring (bicyclic) bond motifs is 1. The van der Waals surface area contributed by atoms with Gasteiger partial charge in [0.15, 0.2) is 0 Å². The van der Waals surface area contributed by atoms with Crippen LogP contribution in [0.4, 0.5) is 13.2 Å². The summed E-state index contributed by atoms with van der Waals surface area (Å²) in [6.45, 7) is 6.79. The van der Waals surface area contributed by atoms with Gasteiger partial charge < -0.3 is 10.1 Å². The van der Waals surface area contributed by atoms with Crippen LogP contribution in [0.15, 0.2) is 84.9 Å². The highest BCUT2D eigenvalue weighted by molar-refractivity contribution is 5.97. The highest BCUT2D eigenvalue weighted by atomic mass is 19.4. The van der Waals surface area contributed by atoms with E-state index in [9.17, 15) is 13.2 Å². The monoisotopic (exact) mass is 463 g/mol. The Morgan fingerprint density at radius 3 is 2.21 bits per heavy atom. The minimum Gasteiger partial charge on any atom is -0.494 e. The molecule has 1 unspecified atom stereocenters. The van der Waals surface area contributed by atoms with Crippen molar-refractivity contribution < 1.29 is 17.9 Å². The van der Waals surface area contributed by atoms with E-state index in [1.165, 1.54) is 0 Å². The van der Waals surface area contributed by atoms with Crippen molar-refractivity contribution >= 4 is 10.8 Å². The Bertz CT molecular complexity index is 1260. The maximum Gasteiger partial charge on any atom is 0.416 e. The standard InChI is InChI=1S/C29H28F3NO/c1-4-34-26-10-7-9-22(17-26)19(2)33-20(3)24-16-23-8-5-6-11-27(23)28(18-24)21-12-14-25(15-13-21)29(30,31)32/h5-20,33H,4H2,1-3H3/t19-,20?/m1/s1. The van der Waals surface area contributed by atoms with Gasteiger partial charge in [-0.15, -0.1) is 0 Å². The molecule has 0 heterocycles. The maximum absolute atomic E-state index is 13.1. The average molecular weight is 464 g/mol. The van der Waals surface area contributed by atoms with Crippen LogP contribution in [-0.2, 0) is 6.18 Å². The fraction of sp³-hybridized carbons (Fsp3) is 0.241. The van der Waals surface area contributed by atoms with Crippen LogP contribution in [0.5, 0.6) is 5.75 Å². The highest BCUT2D eigenvalue weighted by Crippen LogP contribution is 2.35. The van der Waals surface area contributed by atoms with Crippen LogP contribution in [0.3, 0.4) is 0 Å². The lowest BCUT2D eigenvalue weighted by Crippen LogP contribution is -2.22. The molecule has 0 aliphatic rings. The topological polar surface area (TPSA) is 21.3 Å². The molecule has 4 rings (SSSR count). The molecule has 0 radical (unpaired) electrons. The summed E-state index contributed by atoms with van der Waals surface area (Å²) in [4.78, 5) is 0. The van der Waals surface area contributed by atoms with Crippen molar-refractivity contribution in [3.05, 3.63) is 102 Å². The molecule has 2 atom stereocenters. The van der Waals surface area contributed by atoms with E-state index in [2.05, 4.69) is 37.4 Å². The van der Waals surface area contributed by atoms with Gasteiger partial charge in [0, 0.05) is 12.1 Å². The molecule has 0 bridgehead atoms. The van der Waals surface area contributed by atoms with Gasteiger partial charge in [-0.25, -0.2) is 0 Å². The van der Waals surface area contributed by atoms with E-state index in [0.29, 0.717) is 6.61 Å². The molecule has 1 N–H and O–H groups in total. The smallest absolute Gasteiger partial charge is 0.416 e. The first kappa shape index (κ1) is 23.8. The quantitative estimate of drug-likeness (QED) is 0.297. The lowest BCUT2D eigenvalue weighted by atomic mass is 9.92. The average Bonchev–Trinajstić information content (AvgIpc) is 2.83.